The maximum absolute atomic E-state index is 12.0. The van der Waals surface area contributed by atoms with Gasteiger partial charge in [-0.2, -0.15) is 4.37 Å². The Morgan fingerprint density at radius 3 is 2.50 bits per heavy atom. The number of alkyl carbamates (subject to hydrolysis) is 1. The van der Waals surface area contributed by atoms with Crippen LogP contribution < -0.4 is 5.32 Å². The van der Waals surface area contributed by atoms with Gasteiger partial charge in [0.15, 0.2) is 5.78 Å². The Balaban J connectivity index is 2.58. The van der Waals surface area contributed by atoms with E-state index < -0.39 is 17.7 Å². The van der Waals surface area contributed by atoms with Crippen LogP contribution in [-0.2, 0) is 4.74 Å². The fourth-order valence-corrected chi connectivity index (χ4v) is 2.03. The van der Waals surface area contributed by atoms with Gasteiger partial charge in [-0.05, 0) is 52.2 Å². The van der Waals surface area contributed by atoms with Crippen LogP contribution in [0.5, 0.6) is 0 Å². The summed E-state index contributed by atoms with van der Waals surface area (Å²) < 4.78 is 9.12. The maximum atomic E-state index is 12.0. The summed E-state index contributed by atoms with van der Waals surface area (Å²) >= 11 is 1.13. The molecular weight excluding hydrogens is 252 g/mol. The number of Topliss-reactive ketones (excluding diaryl/α,β-unsaturated/α-hetero) is 1. The molecule has 0 spiro atoms. The van der Waals surface area contributed by atoms with E-state index in [-0.39, 0.29) is 5.78 Å². The summed E-state index contributed by atoms with van der Waals surface area (Å²) in [5.41, 5.74) is 0.223. The lowest BCUT2D eigenvalue weighted by Crippen LogP contribution is -2.41. The quantitative estimate of drug-likeness (QED) is 0.857. The lowest BCUT2D eigenvalue weighted by atomic mass is 10.2. The first-order valence-corrected chi connectivity index (χ1v) is 6.43. The SMILES string of the molecule is Cc1cc(C(=O)C(C)NC(=O)OC(C)(C)C)sn1. The third-order valence-electron chi connectivity index (χ3n) is 2.00. The van der Waals surface area contributed by atoms with Crippen molar-refractivity contribution in [3.05, 3.63) is 16.6 Å². The zero-order valence-corrected chi connectivity index (χ0v) is 12.1. The van der Waals surface area contributed by atoms with Crippen molar-refractivity contribution in [1.82, 2.24) is 9.69 Å². The molecule has 0 aliphatic heterocycles. The monoisotopic (exact) mass is 270 g/mol. The number of rotatable bonds is 3. The number of aromatic nitrogens is 1. The molecule has 1 atom stereocenters. The number of hydrogen-bond donors (Lipinski definition) is 1. The van der Waals surface area contributed by atoms with Gasteiger partial charge in [0.05, 0.1) is 16.6 Å². The van der Waals surface area contributed by atoms with E-state index in [1.807, 2.05) is 6.92 Å². The Morgan fingerprint density at radius 1 is 1.44 bits per heavy atom. The van der Waals surface area contributed by atoms with Gasteiger partial charge in [-0.25, -0.2) is 4.79 Å². The van der Waals surface area contributed by atoms with Gasteiger partial charge in [-0.1, -0.05) is 0 Å². The summed E-state index contributed by atoms with van der Waals surface area (Å²) in [6.45, 7) is 8.75. The van der Waals surface area contributed by atoms with Crippen molar-refractivity contribution in [2.75, 3.05) is 0 Å². The number of hydrogen-bond acceptors (Lipinski definition) is 5. The standard InChI is InChI=1S/C12H18N2O3S/c1-7-6-9(18-14-7)10(15)8(2)13-11(16)17-12(3,4)5/h6,8H,1-5H3,(H,13,16). The summed E-state index contributed by atoms with van der Waals surface area (Å²) in [6.07, 6.45) is -0.593. The molecule has 1 unspecified atom stereocenters. The molecule has 1 aromatic heterocycles. The zero-order chi connectivity index (χ0) is 13.9. The Labute approximate surface area is 111 Å². The van der Waals surface area contributed by atoms with Crippen LogP contribution in [0, 0.1) is 6.92 Å². The van der Waals surface area contributed by atoms with Crippen molar-refractivity contribution < 1.29 is 14.3 Å². The number of aryl methyl sites for hydroxylation is 1. The molecule has 6 heteroatoms. The predicted octanol–water partition coefficient (Wildman–Crippen LogP) is 2.55. The van der Waals surface area contributed by atoms with Crippen LogP contribution in [0.15, 0.2) is 6.07 Å². The first-order chi connectivity index (χ1) is 8.19. The minimum Gasteiger partial charge on any atom is -0.444 e. The number of nitrogens with zero attached hydrogens (tertiary/aromatic N) is 1. The highest BCUT2D eigenvalue weighted by Crippen LogP contribution is 2.12. The van der Waals surface area contributed by atoms with Crippen molar-refractivity contribution in [3.63, 3.8) is 0 Å². The molecule has 0 aliphatic carbocycles. The van der Waals surface area contributed by atoms with Crippen LogP contribution in [0.3, 0.4) is 0 Å². The molecule has 100 valence electrons. The average molecular weight is 270 g/mol. The van der Waals surface area contributed by atoms with Crippen LogP contribution >= 0.6 is 11.5 Å². The van der Waals surface area contributed by atoms with Crippen LogP contribution in [0.25, 0.3) is 0 Å². The molecule has 1 rings (SSSR count). The van der Waals surface area contributed by atoms with Crippen molar-refractivity contribution in [3.8, 4) is 0 Å². The summed E-state index contributed by atoms with van der Waals surface area (Å²) in [5, 5.41) is 2.51. The van der Waals surface area contributed by atoms with Crippen LogP contribution in [0.4, 0.5) is 4.79 Å². The molecule has 1 aromatic rings. The zero-order valence-electron chi connectivity index (χ0n) is 11.2. The largest absolute Gasteiger partial charge is 0.444 e. The van der Waals surface area contributed by atoms with Crippen molar-refractivity contribution in [2.24, 2.45) is 0 Å². The van der Waals surface area contributed by atoms with Gasteiger partial charge in [-0.3, -0.25) is 4.79 Å². The number of ether oxygens (including phenoxy) is 1. The number of carbonyl (C=O) groups excluding carboxylic acids is 2. The third kappa shape index (κ3) is 4.44. The second-order valence-electron chi connectivity index (χ2n) is 5.06. The topological polar surface area (TPSA) is 68.3 Å². The molecule has 1 heterocycles. The van der Waals surface area contributed by atoms with E-state index in [4.69, 9.17) is 4.74 Å². The first-order valence-electron chi connectivity index (χ1n) is 5.66. The van der Waals surface area contributed by atoms with Gasteiger partial charge in [0.2, 0.25) is 0 Å². The maximum Gasteiger partial charge on any atom is 0.408 e. The predicted molar refractivity (Wildman–Crippen MR) is 70.0 cm³/mol. The molecule has 1 amide bonds. The Morgan fingerprint density at radius 2 is 2.06 bits per heavy atom. The Hall–Kier alpha value is -1.43. The van der Waals surface area contributed by atoms with E-state index in [0.29, 0.717) is 4.88 Å². The smallest absolute Gasteiger partial charge is 0.408 e. The van der Waals surface area contributed by atoms with Gasteiger partial charge in [-0.15, -0.1) is 0 Å². The van der Waals surface area contributed by atoms with Gasteiger partial charge in [0.25, 0.3) is 0 Å². The summed E-state index contributed by atoms with van der Waals surface area (Å²) in [5.74, 6) is -0.161. The van der Waals surface area contributed by atoms with Crippen molar-refractivity contribution >= 4 is 23.4 Å². The molecule has 0 bridgehead atoms. The molecule has 0 saturated carbocycles. The summed E-state index contributed by atoms with van der Waals surface area (Å²) in [7, 11) is 0. The number of nitrogens with one attached hydrogen (secondary N) is 1. The van der Waals surface area contributed by atoms with E-state index in [1.165, 1.54) is 0 Å². The van der Waals surface area contributed by atoms with E-state index in [1.54, 1.807) is 33.8 Å². The summed E-state index contributed by atoms with van der Waals surface area (Å²) in [6, 6.07) is 1.08. The highest BCUT2D eigenvalue weighted by molar-refractivity contribution is 7.08. The van der Waals surface area contributed by atoms with Gasteiger partial charge in [0, 0.05) is 0 Å². The minimum absolute atomic E-state index is 0.161. The highest BCUT2D eigenvalue weighted by Gasteiger charge is 2.22. The van der Waals surface area contributed by atoms with Crippen molar-refractivity contribution in [2.45, 2.75) is 46.3 Å². The van der Waals surface area contributed by atoms with Crippen LogP contribution in [0.2, 0.25) is 0 Å². The molecule has 0 saturated heterocycles. The first kappa shape index (κ1) is 14.6. The normalized spacial score (nSPS) is 12.9. The molecule has 0 aliphatic rings. The van der Waals surface area contributed by atoms with Gasteiger partial charge < -0.3 is 10.1 Å². The van der Waals surface area contributed by atoms with Crippen LogP contribution in [0.1, 0.15) is 43.1 Å². The Bertz CT molecular complexity index is 448. The van der Waals surface area contributed by atoms with E-state index in [9.17, 15) is 9.59 Å². The molecule has 18 heavy (non-hydrogen) atoms. The molecule has 0 aromatic carbocycles. The average Bonchev–Trinajstić information content (AvgIpc) is 2.60. The highest BCUT2D eigenvalue weighted by atomic mass is 32.1. The van der Waals surface area contributed by atoms with Gasteiger partial charge >= 0.3 is 6.09 Å². The number of amides is 1. The fraction of sp³-hybridized carbons (Fsp3) is 0.583. The fourth-order valence-electron chi connectivity index (χ4n) is 1.24. The molecule has 0 fully saturated rings. The number of carbonyl (C=O) groups is 2. The van der Waals surface area contributed by atoms with Crippen LogP contribution in [-0.4, -0.2) is 27.9 Å². The molecular formula is C12H18N2O3S. The lowest BCUT2D eigenvalue weighted by Gasteiger charge is -2.21. The molecule has 5 nitrogen and oxygen atoms in total. The second-order valence-corrected chi connectivity index (χ2v) is 5.87. The molecule has 0 radical (unpaired) electrons. The third-order valence-corrected chi connectivity index (χ3v) is 2.89. The van der Waals surface area contributed by atoms with Gasteiger partial charge in [0.1, 0.15) is 5.60 Å². The lowest BCUT2D eigenvalue weighted by molar-refractivity contribution is 0.0497. The summed E-state index contributed by atoms with van der Waals surface area (Å²) in [4.78, 5) is 24.0. The van der Waals surface area contributed by atoms with Crippen molar-refractivity contribution in [1.29, 1.82) is 0 Å². The second kappa shape index (κ2) is 5.48. The number of ketones is 1. The molecule has 1 N–H and O–H groups in total. The van der Waals surface area contributed by atoms with E-state index in [2.05, 4.69) is 9.69 Å². The van der Waals surface area contributed by atoms with E-state index >= 15 is 0 Å². The minimum atomic E-state index is -0.625. The Kier molecular flexibility index (Phi) is 4.45. The van der Waals surface area contributed by atoms with E-state index in [0.717, 1.165) is 17.2 Å².